The molecule has 0 spiro atoms. The highest BCUT2D eigenvalue weighted by Gasteiger charge is 2.36. The van der Waals surface area contributed by atoms with Crippen molar-refractivity contribution in [3.8, 4) is 0 Å². The van der Waals surface area contributed by atoms with Gasteiger partial charge in [-0.15, -0.1) is 0 Å². The van der Waals surface area contributed by atoms with Crippen LogP contribution in [0.25, 0.3) is 0 Å². The second-order valence-corrected chi connectivity index (χ2v) is 4.67. The van der Waals surface area contributed by atoms with Gasteiger partial charge in [0.2, 0.25) is 0 Å². The van der Waals surface area contributed by atoms with E-state index >= 15 is 0 Å². The Kier molecular flexibility index (Phi) is 3.42. The predicted molar refractivity (Wildman–Crippen MR) is 57.2 cm³/mol. The Morgan fingerprint density at radius 1 is 1.29 bits per heavy atom. The lowest BCUT2D eigenvalue weighted by Crippen LogP contribution is -2.59. The van der Waals surface area contributed by atoms with Crippen molar-refractivity contribution >= 4 is 0 Å². The molecule has 3 nitrogen and oxygen atoms in total. The lowest BCUT2D eigenvalue weighted by atomic mass is 9.90. The number of hydrogen-bond acceptors (Lipinski definition) is 3. The highest BCUT2D eigenvalue weighted by Crippen LogP contribution is 2.26. The maximum Gasteiger partial charge on any atom is 0.0623 e. The average molecular weight is 198 g/mol. The first-order valence-electron chi connectivity index (χ1n) is 5.90. The highest BCUT2D eigenvalue weighted by molar-refractivity contribution is 4.92. The van der Waals surface area contributed by atoms with Gasteiger partial charge in [0.15, 0.2) is 0 Å². The number of hydrogen-bond donors (Lipinski definition) is 1. The van der Waals surface area contributed by atoms with Crippen molar-refractivity contribution in [2.45, 2.75) is 50.7 Å². The minimum atomic E-state index is 0.409. The van der Waals surface area contributed by atoms with Crippen LogP contribution >= 0.6 is 0 Å². The minimum absolute atomic E-state index is 0.409. The third kappa shape index (κ3) is 2.10. The third-order valence-corrected chi connectivity index (χ3v) is 3.48. The molecule has 0 amide bonds. The molecular formula is C11H22N2O. The number of fused-ring (bicyclic) bond motifs is 2. The lowest BCUT2D eigenvalue weighted by molar-refractivity contribution is -0.0778. The van der Waals surface area contributed by atoms with Crippen LogP contribution in [-0.4, -0.2) is 42.8 Å². The molecule has 14 heavy (non-hydrogen) atoms. The van der Waals surface area contributed by atoms with Crippen LogP contribution in [0.4, 0.5) is 0 Å². The molecule has 82 valence electrons. The average Bonchev–Trinajstić information content (AvgIpc) is 2.14. The number of nitrogens with zero attached hydrogens (tertiary/aromatic N) is 1. The first-order chi connectivity index (χ1) is 6.81. The molecule has 0 unspecified atom stereocenters. The van der Waals surface area contributed by atoms with Crippen LogP contribution < -0.4 is 5.73 Å². The summed E-state index contributed by atoms with van der Waals surface area (Å²) in [6.07, 6.45) is 4.84. The molecule has 3 atom stereocenters. The molecule has 2 fully saturated rings. The van der Waals surface area contributed by atoms with E-state index in [0.717, 1.165) is 26.1 Å². The zero-order valence-corrected chi connectivity index (χ0v) is 9.11. The van der Waals surface area contributed by atoms with E-state index in [2.05, 4.69) is 11.8 Å². The maximum atomic E-state index is 6.03. The van der Waals surface area contributed by atoms with Gasteiger partial charge in [0, 0.05) is 18.1 Å². The quantitative estimate of drug-likeness (QED) is 0.734. The van der Waals surface area contributed by atoms with E-state index in [0.29, 0.717) is 18.1 Å². The van der Waals surface area contributed by atoms with Crippen LogP contribution in [-0.2, 0) is 4.74 Å². The van der Waals surface area contributed by atoms with Gasteiger partial charge in [0.1, 0.15) is 0 Å². The monoisotopic (exact) mass is 198 g/mol. The Morgan fingerprint density at radius 2 is 1.93 bits per heavy atom. The van der Waals surface area contributed by atoms with Gasteiger partial charge in [-0.2, -0.15) is 0 Å². The van der Waals surface area contributed by atoms with Crippen LogP contribution in [0.1, 0.15) is 32.6 Å². The summed E-state index contributed by atoms with van der Waals surface area (Å²) in [5, 5.41) is 0. The van der Waals surface area contributed by atoms with Gasteiger partial charge in [0.25, 0.3) is 0 Å². The summed E-state index contributed by atoms with van der Waals surface area (Å²) in [7, 11) is 0. The largest absolute Gasteiger partial charge is 0.378 e. The summed E-state index contributed by atoms with van der Waals surface area (Å²) in [6, 6.07) is 1.61. The van der Waals surface area contributed by atoms with Crippen molar-refractivity contribution in [2.24, 2.45) is 5.73 Å². The summed E-state index contributed by atoms with van der Waals surface area (Å²) in [4.78, 5) is 2.64. The van der Waals surface area contributed by atoms with Gasteiger partial charge in [0.05, 0.1) is 13.2 Å². The van der Waals surface area contributed by atoms with Crippen LogP contribution in [0.2, 0.25) is 0 Å². The van der Waals surface area contributed by atoms with E-state index < -0.39 is 0 Å². The molecule has 0 aromatic heterocycles. The van der Waals surface area contributed by atoms with E-state index in [1.54, 1.807) is 0 Å². The van der Waals surface area contributed by atoms with Crippen molar-refractivity contribution in [3.63, 3.8) is 0 Å². The van der Waals surface area contributed by atoms with Crippen molar-refractivity contribution in [1.82, 2.24) is 4.90 Å². The van der Waals surface area contributed by atoms with Crippen molar-refractivity contribution in [1.29, 1.82) is 0 Å². The number of piperidine rings is 1. The normalized spacial score (nSPS) is 38.6. The van der Waals surface area contributed by atoms with E-state index in [9.17, 15) is 0 Å². The predicted octanol–water partition coefficient (Wildman–Crippen LogP) is 0.977. The van der Waals surface area contributed by atoms with Crippen molar-refractivity contribution in [2.75, 3.05) is 19.8 Å². The molecule has 2 N–H and O–H groups in total. The molecule has 2 aliphatic rings. The summed E-state index contributed by atoms with van der Waals surface area (Å²) >= 11 is 0. The smallest absolute Gasteiger partial charge is 0.0623 e. The van der Waals surface area contributed by atoms with Crippen LogP contribution in [0.5, 0.6) is 0 Å². The van der Waals surface area contributed by atoms with Gasteiger partial charge in [-0.3, -0.25) is 4.90 Å². The van der Waals surface area contributed by atoms with Gasteiger partial charge < -0.3 is 10.5 Å². The first-order valence-corrected chi connectivity index (χ1v) is 5.90. The summed E-state index contributed by atoms with van der Waals surface area (Å²) < 4.78 is 5.60. The summed E-state index contributed by atoms with van der Waals surface area (Å²) in [5.41, 5.74) is 6.03. The van der Waals surface area contributed by atoms with E-state index in [1.165, 1.54) is 19.4 Å². The number of ether oxygens (including phenoxy) is 1. The number of morpholine rings is 1. The Balaban J connectivity index is 1.94. The standard InChI is InChI=1S/C11H22N2O/c1-2-3-4-13-10-5-9(12)6-11(13)8-14-7-10/h9-11H,2-8,12H2,1H3/t9-,10-,11+. The molecule has 0 aromatic rings. The Bertz CT molecular complexity index is 172. The molecule has 2 saturated heterocycles. The molecule has 2 rings (SSSR count). The maximum absolute atomic E-state index is 6.03. The fourth-order valence-corrected chi connectivity index (χ4v) is 2.74. The Hall–Kier alpha value is -0.120. The van der Waals surface area contributed by atoms with Crippen molar-refractivity contribution in [3.05, 3.63) is 0 Å². The molecule has 2 bridgehead atoms. The highest BCUT2D eigenvalue weighted by atomic mass is 16.5. The topological polar surface area (TPSA) is 38.5 Å². The second kappa shape index (κ2) is 4.60. The van der Waals surface area contributed by atoms with Crippen LogP contribution in [0.15, 0.2) is 0 Å². The molecule has 2 aliphatic heterocycles. The molecular weight excluding hydrogens is 176 g/mol. The zero-order chi connectivity index (χ0) is 9.97. The molecule has 0 aliphatic carbocycles. The molecule has 0 aromatic carbocycles. The van der Waals surface area contributed by atoms with Gasteiger partial charge in [-0.05, 0) is 25.8 Å². The van der Waals surface area contributed by atoms with Gasteiger partial charge >= 0.3 is 0 Å². The minimum Gasteiger partial charge on any atom is -0.378 e. The third-order valence-electron chi connectivity index (χ3n) is 3.48. The molecule has 2 heterocycles. The first kappa shape index (κ1) is 10.4. The SMILES string of the molecule is CCCCN1[C@@H]2COC[C@H]1C[C@@H](N)C2. The Morgan fingerprint density at radius 3 is 2.50 bits per heavy atom. The fourth-order valence-electron chi connectivity index (χ4n) is 2.74. The zero-order valence-electron chi connectivity index (χ0n) is 9.11. The molecule has 0 saturated carbocycles. The number of rotatable bonds is 3. The van der Waals surface area contributed by atoms with Crippen LogP contribution in [0.3, 0.4) is 0 Å². The fraction of sp³-hybridized carbons (Fsp3) is 1.00. The molecule has 0 radical (unpaired) electrons. The Labute approximate surface area is 86.6 Å². The van der Waals surface area contributed by atoms with E-state index in [1.807, 2.05) is 0 Å². The number of unbranched alkanes of at least 4 members (excludes halogenated alkanes) is 1. The van der Waals surface area contributed by atoms with E-state index in [-0.39, 0.29) is 0 Å². The number of nitrogens with two attached hydrogens (primary N) is 1. The summed E-state index contributed by atoms with van der Waals surface area (Å²) in [6.45, 7) is 5.28. The second-order valence-electron chi connectivity index (χ2n) is 4.67. The van der Waals surface area contributed by atoms with E-state index in [4.69, 9.17) is 10.5 Å². The summed E-state index contributed by atoms with van der Waals surface area (Å²) in [5.74, 6) is 0. The molecule has 3 heteroatoms. The van der Waals surface area contributed by atoms with Gasteiger partial charge in [-0.25, -0.2) is 0 Å². The van der Waals surface area contributed by atoms with Gasteiger partial charge in [-0.1, -0.05) is 13.3 Å². The van der Waals surface area contributed by atoms with Crippen LogP contribution in [0, 0.1) is 0 Å². The van der Waals surface area contributed by atoms with Crippen molar-refractivity contribution < 1.29 is 4.74 Å². The lowest BCUT2D eigenvalue weighted by Gasteiger charge is -2.47.